The molecule has 3 aromatic rings. The molecule has 198 valence electrons. The summed E-state index contributed by atoms with van der Waals surface area (Å²) in [4.78, 5) is 45.6. The lowest BCUT2D eigenvalue weighted by Crippen LogP contribution is -2.27. The molecule has 3 rings (SSSR count). The van der Waals surface area contributed by atoms with Crippen LogP contribution in [0, 0.1) is 0 Å². The third-order valence-corrected chi connectivity index (χ3v) is 5.67. The number of nitrogens with zero attached hydrogens (tertiary/aromatic N) is 6. The number of thiazole rings is 2. The molecule has 2 amide bonds. The summed E-state index contributed by atoms with van der Waals surface area (Å²) in [5, 5.41) is 13.4. The van der Waals surface area contributed by atoms with Gasteiger partial charge in [-0.3, -0.25) is 15.2 Å². The second-order valence-electron chi connectivity index (χ2n) is 8.25. The molecule has 0 bridgehead atoms. The van der Waals surface area contributed by atoms with Gasteiger partial charge >= 0.3 is 12.1 Å². The van der Waals surface area contributed by atoms with Gasteiger partial charge in [0.15, 0.2) is 10.3 Å². The molecule has 13 nitrogen and oxygen atoms in total. The molecule has 3 heterocycles. The molecule has 0 unspecified atom stereocenters. The predicted molar refractivity (Wildman–Crippen MR) is 138 cm³/mol. The van der Waals surface area contributed by atoms with Crippen molar-refractivity contribution in [1.82, 2.24) is 29.6 Å². The number of nitrogens with one attached hydrogen (secondary N) is 2. The summed E-state index contributed by atoms with van der Waals surface area (Å²) in [6, 6.07) is -0.284. The van der Waals surface area contributed by atoms with E-state index in [9.17, 15) is 9.59 Å². The number of ether oxygens (including phenoxy) is 1. The van der Waals surface area contributed by atoms with Crippen LogP contribution in [-0.2, 0) is 27.5 Å². The van der Waals surface area contributed by atoms with E-state index in [1.165, 1.54) is 33.6 Å². The molecule has 2 N–H and O–H groups in total. The zero-order chi connectivity index (χ0) is 26.7. The predicted octanol–water partition coefficient (Wildman–Crippen LogP) is 3.90. The number of aromatic nitrogens is 4. The molecule has 0 aliphatic heterocycles. The van der Waals surface area contributed by atoms with Gasteiger partial charge in [-0.25, -0.2) is 24.5 Å². The highest BCUT2D eigenvalue weighted by molar-refractivity contribution is 7.14. The maximum Gasteiger partial charge on any atom is 0.413 e. The minimum atomic E-state index is -0.513. The van der Waals surface area contributed by atoms with Gasteiger partial charge in [0.1, 0.15) is 11.9 Å². The fourth-order valence-electron chi connectivity index (χ4n) is 2.39. The van der Waals surface area contributed by atoms with Crippen LogP contribution in [0.2, 0.25) is 0 Å². The molecular weight excluding hydrogens is 508 g/mol. The molecule has 0 saturated heterocycles. The van der Waals surface area contributed by atoms with E-state index in [1.54, 1.807) is 43.8 Å². The first kappa shape index (κ1) is 29.3. The highest BCUT2D eigenvalue weighted by Gasteiger charge is 2.17. The van der Waals surface area contributed by atoms with Gasteiger partial charge in [0.2, 0.25) is 0 Å². The molecule has 0 aliphatic rings. The van der Waals surface area contributed by atoms with Gasteiger partial charge in [-0.1, -0.05) is 0 Å². The van der Waals surface area contributed by atoms with Gasteiger partial charge < -0.3 is 14.4 Å². The van der Waals surface area contributed by atoms with E-state index in [1.807, 2.05) is 38.6 Å². The molecule has 0 fully saturated rings. The van der Waals surface area contributed by atoms with Crippen LogP contribution in [-0.4, -0.2) is 75.7 Å². The quantitative estimate of drug-likeness (QED) is 0.405. The van der Waals surface area contributed by atoms with Crippen LogP contribution in [0.15, 0.2) is 29.5 Å². The average molecular weight is 541 g/mol. The van der Waals surface area contributed by atoms with E-state index in [0.717, 1.165) is 11.4 Å². The second kappa shape index (κ2) is 14.0. The molecule has 0 atom stereocenters. The summed E-state index contributed by atoms with van der Waals surface area (Å²) in [6.07, 6.45) is 4.05. The van der Waals surface area contributed by atoms with Crippen molar-refractivity contribution in [2.75, 3.05) is 38.9 Å². The molecule has 36 heavy (non-hydrogen) atoms. The van der Waals surface area contributed by atoms with E-state index in [2.05, 4.69) is 25.6 Å². The fourth-order valence-corrected chi connectivity index (χ4v) is 3.76. The Morgan fingerprint density at radius 2 is 1.50 bits per heavy atom. The van der Waals surface area contributed by atoms with E-state index >= 15 is 0 Å². The molecule has 0 aromatic carbocycles. The van der Waals surface area contributed by atoms with E-state index < -0.39 is 11.7 Å². The summed E-state index contributed by atoms with van der Waals surface area (Å²) in [5.41, 5.74) is 1.15. The normalized spacial score (nSPS) is 11.2. The topological polar surface area (TPSA) is 136 Å². The zero-order valence-electron chi connectivity index (χ0n) is 21.3. The van der Waals surface area contributed by atoms with Crippen LogP contribution >= 0.6 is 22.7 Å². The van der Waals surface area contributed by atoms with Crippen LogP contribution in [0.5, 0.6) is 0 Å². The SMILES string of the molecule is CON(C)Cc1csc(NC(=O)OC(C)(C)C)n1.CON(C)Cc1csc(NC(=O)n2ccnc2)n1. The van der Waals surface area contributed by atoms with Gasteiger partial charge in [-0.15, -0.1) is 22.7 Å². The van der Waals surface area contributed by atoms with Gasteiger partial charge in [0.25, 0.3) is 0 Å². The lowest BCUT2D eigenvalue weighted by atomic mass is 10.2. The summed E-state index contributed by atoms with van der Waals surface area (Å²) < 4.78 is 6.48. The smallest absolute Gasteiger partial charge is 0.413 e. The van der Waals surface area contributed by atoms with E-state index in [4.69, 9.17) is 14.4 Å². The molecule has 15 heteroatoms. The van der Waals surface area contributed by atoms with Crippen molar-refractivity contribution < 1.29 is 24.0 Å². The van der Waals surface area contributed by atoms with Crippen LogP contribution in [0.1, 0.15) is 32.2 Å². The number of hydrogen-bond acceptors (Lipinski definition) is 12. The third kappa shape index (κ3) is 10.8. The maximum absolute atomic E-state index is 11.7. The Balaban J connectivity index is 0.000000254. The van der Waals surface area contributed by atoms with Gasteiger partial charge in [-0.05, 0) is 20.8 Å². The number of hydrogen-bond donors (Lipinski definition) is 2. The Hall–Kier alpha value is -2.95. The lowest BCUT2D eigenvalue weighted by Gasteiger charge is -2.18. The number of carbonyl (C=O) groups is 2. The lowest BCUT2D eigenvalue weighted by molar-refractivity contribution is -0.117. The molecule has 0 spiro atoms. The average Bonchev–Trinajstić information content (AvgIpc) is 3.56. The second-order valence-corrected chi connectivity index (χ2v) is 9.97. The van der Waals surface area contributed by atoms with Crippen LogP contribution in [0.4, 0.5) is 19.9 Å². The third-order valence-electron chi connectivity index (χ3n) is 4.06. The van der Waals surface area contributed by atoms with Gasteiger partial charge in [0, 0.05) is 37.2 Å². The number of rotatable bonds is 8. The monoisotopic (exact) mass is 540 g/mol. The Labute approximate surface area is 217 Å². The Morgan fingerprint density at radius 1 is 0.972 bits per heavy atom. The highest BCUT2D eigenvalue weighted by Crippen LogP contribution is 2.18. The molecular formula is C21H32N8O5S2. The number of imidazole rings is 1. The largest absolute Gasteiger partial charge is 0.444 e. The van der Waals surface area contributed by atoms with Crippen molar-refractivity contribution in [3.05, 3.63) is 40.9 Å². The minimum Gasteiger partial charge on any atom is -0.444 e. The van der Waals surface area contributed by atoms with Crippen LogP contribution < -0.4 is 10.6 Å². The molecule has 0 saturated carbocycles. The van der Waals surface area contributed by atoms with Crippen molar-refractivity contribution in [2.24, 2.45) is 0 Å². The minimum absolute atomic E-state index is 0.284. The standard InChI is InChI=1S/C11H19N3O3S.C10H13N5O2S/c1-11(2,3)17-10(15)13-9-12-8(7-18-9)6-14(4)16-5;1-14(17-2)5-8-6-18-9(12-8)13-10(16)15-4-3-11-7-15/h7H,6H2,1-5H3,(H,12,13,15);3-4,6-7H,5H2,1-2H3,(H,12,13,16). The fraction of sp³-hybridized carbons (Fsp3) is 0.476. The van der Waals surface area contributed by atoms with Crippen molar-refractivity contribution >= 4 is 45.1 Å². The zero-order valence-corrected chi connectivity index (χ0v) is 23.0. The van der Waals surface area contributed by atoms with E-state index in [0.29, 0.717) is 23.4 Å². The first-order valence-electron chi connectivity index (χ1n) is 10.7. The molecule has 0 aliphatic carbocycles. The van der Waals surface area contributed by atoms with Crippen molar-refractivity contribution in [1.29, 1.82) is 0 Å². The highest BCUT2D eigenvalue weighted by atomic mass is 32.1. The Morgan fingerprint density at radius 3 is 1.94 bits per heavy atom. The number of hydroxylamine groups is 4. The summed E-state index contributed by atoms with van der Waals surface area (Å²) in [5.74, 6) is 0. The number of anilines is 2. The molecule has 3 aromatic heterocycles. The van der Waals surface area contributed by atoms with Gasteiger partial charge in [-0.2, -0.15) is 10.1 Å². The first-order chi connectivity index (χ1) is 17.0. The van der Waals surface area contributed by atoms with Crippen molar-refractivity contribution in [3.63, 3.8) is 0 Å². The molecule has 0 radical (unpaired) electrons. The van der Waals surface area contributed by atoms with Crippen molar-refractivity contribution in [2.45, 2.75) is 39.5 Å². The summed E-state index contributed by atoms with van der Waals surface area (Å²) >= 11 is 2.72. The Bertz CT molecular complexity index is 1080. The Kier molecular flexibility index (Phi) is 11.4. The summed E-state index contributed by atoms with van der Waals surface area (Å²) in [7, 11) is 6.80. The van der Waals surface area contributed by atoms with Crippen LogP contribution in [0.25, 0.3) is 0 Å². The first-order valence-corrected chi connectivity index (χ1v) is 12.4. The number of amides is 2. The number of carbonyl (C=O) groups excluding carboxylic acids is 2. The van der Waals surface area contributed by atoms with Crippen LogP contribution in [0.3, 0.4) is 0 Å². The van der Waals surface area contributed by atoms with Gasteiger partial charge in [0.05, 0.1) is 38.7 Å². The summed E-state index contributed by atoms with van der Waals surface area (Å²) in [6.45, 7) is 6.56. The van der Waals surface area contributed by atoms with E-state index in [-0.39, 0.29) is 6.03 Å². The maximum atomic E-state index is 11.7. The van der Waals surface area contributed by atoms with Crippen molar-refractivity contribution in [3.8, 4) is 0 Å².